The van der Waals surface area contributed by atoms with Crippen LogP contribution in [0.25, 0.3) is 0 Å². The largest absolute Gasteiger partial charge is 0.351 e. The van der Waals surface area contributed by atoms with Crippen LogP contribution < -0.4 is 5.32 Å². The lowest BCUT2D eigenvalue weighted by Crippen LogP contribution is -2.43. The van der Waals surface area contributed by atoms with Crippen molar-refractivity contribution in [1.29, 1.82) is 0 Å². The van der Waals surface area contributed by atoms with Crippen molar-refractivity contribution in [1.82, 2.24) is 4.90 Å². The molecule has 28 heavy (non-hydrogen) atoms. The molecule has 5 nitrogen and oxygen atoms in total. The molecule has 0 atom stereocenters. The summed E-state index contributed by atoms with van der Waals surface area (Å²) in [7, 11) is 0. The summed E-state index contributed by atoms with van der Waals surface area (Å²) in [5.41, 5.74) is 0.848. The predicted molar refractivity (Wildman–Crippen MR) is 104 cm³/mol. The number of nitrogens with zero attached hydrogens (tertiary/aromatic N) is 1. The topological polar surface area (TPSA) is 50.8 Å². The van der Waals surface area contributed by atoms with Crippen molar-refractivity contribution in [3.05, 3.63) is 65.7 Å². The van der Waals surface area contributed by atoms with E-state index in [9.17, 15) is 13.6 Å². The number of carbonyl (C=O) groups excluding carboxylic acids is 1. The van der Waals surface area contributed by atoms with E-state index in [1.165, 1.54) is 4.90 Å². The van der Waals surface area contributed by atoms with E-state index in [-0.39, 0.29) is 12.2 Å². The Morgan fingerprint density at radius 2 is 1.75 bits per heavy atom. The third-order valence-corrected chi connectivity index (χ3v) is 4.05. The van der Waals surface area contributed by atoms with Gasteiger partial charge < -0.3 is 19.7 Å². The van der Waals surface area contributed by atoms with Gasteiger partial charge in [-0.2, -0.15) is 0 Å². The second-order valence-electron chi connectivity index (χ2n) is 6.08. The lowest BCUT2D eigenvalue weighted by molar-refractivity contribution is -0.142. The first-order valence-corrected chi connectivity index (χ1v) is 9.31. The maximum absolute atomic E-state index is 13.9. The average molecular weight is 392 g/mol. The molecule has 0 bridgehead atoms. The molecule has 0 aromatic heterocycles. The second-order valence-corrected chi connectivity index (χ2v) is 6.08. The van der Waals surface area contributed by atoms with E-state index in [0.29, 0.717) is 26.2 Å². The van der Waals surface area contributed by atoms with Gasteiger partial charge in [0.05, 0.1) is 12.2 Å². The Balaban J connectivity index is 2.12. The van der Waals surface area contributed by atoms with Crippen LogP contribution in [0.3, 0.4) is 0 Å². The van der Waals surface area contributed by atoms with E-state index in [1.807, 2.05) is 44.2 Å². The molecule has 0 radical (unpaired) electrons. The SMILES string of the molecule is CCOC(CN(CCc1ccccc1)C(=O)Nc1cc(F)ccc1F)OCC. The molecule has 0 saturated carbocycles. The van der Waals surface area contributed by atoms with Crippen molar-refractivity contribution in [3.63, 3.8) is 0 Å². The highest BCUT2D eigenvalue weighted by Crippen LogP contribution is 2.16. The molecule has 0 unspecified atom stereocenters. The van der Waals surface area contributed by atoms with Gasteiger partial charge in [0.25, 0.3) is 0 Å². The summed E-state index contributed by atoms with van der Waals surface area (Å²) in [4.78, 5) is 14.2. The molecule has 2 aromatic rings. The van der Waals surface area contributed by atoms with Crippen LogP contribution in [-0.4, -0.2) is 43.5 Å². The van der Waals surface area contributed by atoms with Gasteiger partial charge in [0.1, 0.15) is 11.6 Å². The highest BCUT2D eigenvalue weighted by molar-refractivity contribution is 5.89. The summed E-state index contributed by atoms with van der Waals surface area (Å²) < 4.78 is 38.4. The molecule has 0 heterocycles. The zero-order chi connectivity index (χ0) is 20.4. The fourth-order valence-corrected chi connectivity index (χ4v) is 2.68. The van der Waals surface area contributed by atoms with E-state index in [2.05, 4.69) is 5.32 Å². The van der Waals surface area contributed by atoms with E-state index in [0.717, 1.165) is 23.8 Å². The summed E-state index contributed by atoms with van der Waals surface area (Å²) in [5, 5.41) is 2.44. The quantitative estimate of drug-likeness (QED) is 0.608. The minimum Gasteiger partial charge on any atom is -0.351 e. The Labute approximate surface area is 164 Å². The van der Waals surface area contributed by atoms with Gasteiger partial charge in [-0.05, 0) is 38.0 Å². The molecular formula is C21H26F2N2O3. The summed E-state index contributed by atoms with van der Waals surface area (Å²) in [6.07, 6.45) is -0.000843. The predicted octanol–water partition coefficient (Wildman–Crippen LogP) is 4.44. The molecule has 0 aliphatic rings. The molecule has 152 valence electrons. The maximum atomic E-state index is 13.9. The van der Waals surface area contributed by atoms with Gasteiger partial charge in [-0.15, -0.1) is 0 Å². The number of benzene rings is 2. The highest BCUT2D eigenvalue weighted by Gasteiger charge is 2.21. The molecule has 0 spiro atoms. The van der Waals surface area contributed by atoms with Gasteiger partial charge in [0.2, 0.25) is 0 Å². The number of carbonyl (C=O) groups is 1. The molecular weight excluding hydrogens is 366 g/mol. The van der Waals surface area contributed by atoms with Crippen molar-refractivity contribution in [3.8, 4) is 0 Å². The van der Waals surface area contributed by atoms with Gasteiger partial charge in [0, 0.05) is 25.8 Å². The normalized spacial score (nSPS) is 10.9. The number of ether oxygens (including phenoxy) is 2. The first-order valence-electron chi connectivity index (χ1n) is 9.31. The number of hydrogen-bond acceptors (Lipinski definition) is 3. The van der Waals surface area contributed by atoms with Gasteiger partial charge in [-0.1, -0.05) is 30.3 Å². The van der Waals surface area contributed by atoms with Crippen LogP contribution in [-0.2, 0) is 15.9 Å². The number of nitrogens with one attached hydrogen (secondary N) is 1. The van der Waals surface area contributed by atoms with Gasteiger partial charge >= 0.3 is 6.03 Å². The van der Waals surface area contributed by atoms with Crippen LogP contribution in [0, 0.1) is 11.6 Å². The van der Waals surface area contributed by atoms with Crippen molar-refractivity contribution in [2.75, 3.05) is 31.6 Å². The minimum atomic E-state index is -0.705. The zero-order valence-corrected chi connectivity index (χ0v) is 16.2. The fraction of sp³-hybridized carbons (Fsp3) is 0.381. The van der Waals surface area contributed by atoms with Gasteiger partial charge in [-0.25, -0.2) is 13.6 Å². The third kappa shape index (κ3) is 6.90. The minimum absolute atomic E-state index is 0.164. The summed E-state index contributed by atoms with van der Waals surface area (Å²) in [5.74, 6) is -1.34. The molecule has 1 N–H and O–H groups in total. The van der Waals surface area contributed by atoms with E-state index >= 15 is 0 Å². The average Bonchev–Trinajstić information content (AvgIpc) is 2.69. The number of anilines is 1. The summed E-state index contributed by atoms with van der Waals surface area (Å²) >= 11 is 0. The Bertz CT molecular complexity index is 738. The zero-order valence-electron chi connectivity index (χ0n) is 16.2. The Morgan fingerprint density at radius 3 is 2.39 bits per heavy atom. The summed E-state index contributed by atoms with van der Waals surface area (Å²) in [6.45, 7) is 5.06. The molecule has 0 fully saturated rings. The van der Waals surface area contributed by atoms with Crippen molar-refractivity contribution < 1.29 is 23.0 Å². The van der Waals surface area contributed by atoms with E-state index in [1.54, 1.807) is 0 Å². The van der Waals surface area contributed by atoms with Crippen LogP contribution in [0.15, 0.2) is 48.5 Å². The molecule has 0 saturated heterocycles. The van der Waals surface area contributed by atoms with Crippen molar-refractivity contribution in [2.24, 2.45) is 0 Å². The second kappa shape index (κ2) is 11.4. The lowest BCUT2D eigenvalue weighted by atomic mass is 10.1. The van der Waals surface area contributed by atoms with Crippen LogP contribution in [0.1, 0.15) is 19.4 Å². The molecule has 7 heteroatoms. The first kappa shape index (κ1) is 21.8. The highest BCUT2D eigenvalue weighted by atomic mass is 19.1. The van der Waals surface area contributed by atoms with E-state index < -0.39 is 24.0 Å². The lowest BCUT2D eigenvalue weighted by Gasteiger charge is -2.27. The molecule has 0 aliphatic carbocycles. The van der Waals surface area contributed by atoms with Crippen molar-refractivity contribution >= 4 is 11.7 Å². The first-order chi connectivity index (χ1) is 13.5. The molecule has 2 amide bonds. The number of rotatable bonds is 10. The Hall–Kier alpha value is -2.51. The van der Waals surface area contributed by atoms with Crippen LogP contribution in [0.2, 0.25) is 0 Å². The smallest absolute Gasteiger partial charge is 0.322 e. The molecule has 2 rings (SSSR count). The monoisotopic (exact) mass is 392 g/mol. The van der Waals surface area contributed by atoms with Crippen LogP contribution in [0.4, 0.5) is 19.3 Å². The number of hydrogen-bond donors (Lipinski definition) is 1. The molecule has 2 aromatic carbocycles. The summed E-state index contributed by atoms with van der Waals surface area (Å²) in [6, 6.07) is 12.1. The number of urea groups is 1. The van der Waals surface area contributed by atoms with Gasteiger partial charge in [-0.3, -0.25) is 0 Å². The number of amides is 2. The standard InChI is InChI=1S/C21H26F2N2O3/c1-3-27-20(28-4-2)15-25(13-12-16-8-6-5-7-9-16)21(26)24-19-14-17(22)10-11-18(19)23/h5-11,14,20H,3-4,12-13,15H2,1-2H3,(H,24,26). The van der Waals surface area contributed by atoms with Crippen LogP contribution >= 0.6 is 0 Å². The van der Waals surface area contributed by atoms with Crippen LogP contribution in [0.5, 0.6) is 0 Å². The third-order valence-electron chi connectivity index (χ3n) is 4.05. The Kier molecular flexibility index (Phi) is 8.84. The molecule has 0 aliphatic heterocycles. The van der Waals surface area contributed by atoms with E-state index in [4.69, 9.17) is 9.47 Å². The number of halogens is 2. The fourth-order valence-electron chi connectivity index (χ4n) is 2.68. The van der Waals surface area contributed by atoms with Gasteiger partial charge in [0.15, 0.2) is 6.29 Å². The maximum Gasteiger partial charge on any atom is 0.322 e. The Morgan fingerprint density at radius 1 is 1.07 bits per heavy atom. The van der Waals surface area contributed by atoms with Crippen molar-refractivity contribution in [2.45, 2.75) is 26.6 Å².